The predicted molar refractivity (Wildman–Crippen MR) is 380 cm³/mol. The minimum atomic E-state index is -3.06. The molecule has 0 bridgehead atoms. The predicted octanol–water partition coefficient (Wildman–Crippen LogP) is 10.2. The molecule has 105 heavy (non-hydrogen) atoms. The number of hydrogen-bond acceptors (Lipinski definition) is 25. The number of ether oxygens (including phenoxy) is 18. The fourth-order valence-electron chi connectivity index (χ4n) is 11.9. The fourth-order valence-corrected chi connectivity index (χ4v) is 12.8. The van der Waals surface area contributed by atoms with Gasteiger partial charge in [-0.2, -0.15) is 0 Å². The first kappa shape index (κ1) is 83.5. The Hall–Kier alpha value is -7.16. The SMILES string of the molecule is COC(=O)[C@@]1(O[C@H]2[C@@H](OC(C)=O)[C@@H](COCc3ccccc3)O[C@@H](O[C@H]3[C@H](OCc4ccccc4)[C@@H](OCc4ccccc4)[C@H](OCC[Si](C)(C)C)O[C@@H]3COCc3ccccc3)[C@@H]2OCc2ccccc2)C[C@H](OC(C)=O)[C@@H](NC(=O)OCC(Cl)(Cl)Cl)[C@H]([C@H](OC(C)=O)[C@@H](COC(C)=O)OC(C)=O)O1. The zero-order chi connectivity index (χ0) is 75.7. The van der Waals surface area contributed by atoms with Crippen LogP contribution >= 0.6 is 34.8 Å². The molecular weight excluding hydrogens is 1450 g/mol. The average Bonchev–Trinajstić information content (AvgIpc) is 0.735. The van der Waals surface area contributed by atoms with Crippen molar-refractivity contribution in [1.82, 2.24) is 5.32 Å². The second kappa shape index (κ2) is 40.7. The number of benzene rings is 5. The lowest BCUT2D eigenvalue weighted by Crippen LogP contribution is -2.72. The van der Waals surface area contributed by atoms with Crippen LogP contribution in [0.1, 0.15) is 68.9 Å². The molecule has 572 valence electrons. The third-order valence-electron chi connectivity index (χ3n) is 16.7. The van der Waals surface area contributed by atoms with Crippen LogP contribution < -0.4 is 5.32 Å². The normalized spacial score (nSPS) is 25.3. The van der Waals surface area contributed by atoms with Gasteiger partial charge in [0.15, 0.2) is 30.9 Å². The maximum Gasteiger partial charge on any atom is 0.407 e. The molecule has 5 aromatic carbocycles. The molecule has 0 unspecified atom stereocenters. The van der Waals surface area contributed by atoms with Crippen LogP contribution in [0.4, 0.5) is 4.79 Å². The highest BCUT2D eigenvalue weighted by Gasteiger charge is 2.64. The summed E-state index contributed by atoms with van der Waals surface area (Å²) in [5, 5.41) is 2.51. The number of methoxy groups -OCH3 is 1. The van der Waals surface area contributed by atoms with Gasteiger partial charge in [-0.3, -0.25) is 24.0 Å². The van der Waals surface area contributed by atoms with E-state index in [0.717, 1.165) is 70.0 Å². The molecule has 26 nitrogen and oxygen atoms in total. The molecule has 5 aromatic rings. The van der Waals surface area contributed by atoms with E-state index in [0.29, 0.717) is 5.56 Å². The number of nitrogens with one attached hydrogen (secondary N) is 1. The summed E-state index contributed by atoms with van der Waals surface area (Å²) in [7, 11) is -0.789. The molecule has 3 saturated heterocycles. The van der Waals surface area contributed by atoms with E-state index >= 15 is 4.79 Å². The number of carbonyl (C=O) groups is 7. The third-order valence-corrected chi connectivity index (χ3v) is 18.7. The number of esters is 6. The van der Waals surface area contributed by atoms with Crippen LogP contribution in [0.15, 0.2) is 152 Å². The van der Waals surface area contributed by atoms with E-state index in [4.69, 9.17) is 120 Å². The molecule has 0 saturated carbocycles. The highest BCUT2D eigenvalue weighted by atomic mass is 35.6. The van der Waals surface area contributed by atoms with Gasteiger partial charge in [-0.15, -0.1) is 0 Å². The van der Waals surface area contributed by atoms with E-state index in [9.17, 15) is 28.8 Å². The molecule has 1 amide bonds. The smallest absolute Gasteiger partial charge is 0.407 e. The van der Waals surface area contributed by atoms with Gasteiger partial charge in [0.1, 0.15) is 68.1 Å². The standard InChI is InChI=1S/C75H92Cl3NO25Si/c1-47(80)91-45-60(97-49(3)82)62(98-50(4)83)65-61(79-73(86)95-46-75(76,77)78)57(96-48(2)81)37-74(103-65,72(85)87-6)104-67-64(99-51(5)84)59(44-89-39-53-27-17-11-18-28-53)101-71(69(67)94-42-56-33-23-14-24-34-56)102-63-58(43-88-38-52-25-15-10-16-26-52)100-70(90-35-36-105(7,8)9)68(93-41-55-31-21-13-22-32-55)66(63)92-40-54-29-19-12-20-30-54/h10-34,57-71H,35-46H2,1-9H3,(H,79,86)/t57-,58+,59+,60+,61+,62+,63+,64-,65+,66-,67-,68+,69+,70+,71-,74-/m0/s1. The van der Waals surface area contributed by atoms with Crippen molar-refractivity contribution in [2.24, 2.45) is 0 Å². The Kier molecular flexibility index (Phi) is 32.4. The Morgan fingerprint density at radius 3 is 1.44 bits per heavy atom. The minimum Gasteiger partial charge on any atom is -0.465 e. The van der Waals surface area contributed by atoms with Gasteiger partial charge in [-0.05, 0) is 33.9 Å². The fraction of sp³-hybridized carbons (Fsp3) is 0.507. The van der Waals surface area contributed by atoms with Gasteiger partial charge in [-0.25, -0.2) is 9.59 Å². The highest BCUT2D eigenvalue weighted by molar-refractivity contribution is 6.76. The van der Waals surface area contributed by atoms with Crippen LogP contribution in [0.5, 0.6) is 0 Å². The van der Waals surface area contributed by atoms with Crippen LogP contribution in [0.25, 0.3) is 0 Å². The zero-order valence-corrected chi connectivity index (χ0v) is 63.2. The monoisotopic (exact) mass is 1540 g/mol. The Morgan fingerprint density at radius 2 is 0.990 bits per heavy atom. The van der Waals surface area contributed by atoms with E-state index < -0.39 is 178 Å². The lowest BCUT2D eigenvalue weighted by molar-refractivity contribution is -0.395. The number of rotatable bonds is 36. The molecule has 0 spiro atoms. The van der Waals surface area contributed by atoms with Crippen LogP contribution in [0, 0.1) is 0 Å². The number of hydrogen-bond donors (Lipinski definition) is 1. The summed E-state index contributed by atoms with van der Waals surface area (Å²) in [6.07, 6.45) is -24.9. The summed E-state index contributed by atoms with van der Waals surface area (Å²) in [6, 6.07) is 45.2. The molecule has 0 radical (unpaired) electrons. The van der Waals surface area contributed by atoms with Crippen LogP contribution in [-0.4, -0.2) is 192 Å². The topological polar surface area (TPSA) is 298 Å². The van der Waals surface area contributed by atoms with Crippen molar-refractivity contribution >= 4 is 84.8 Å². The molecule has 3 heterocycles. The molecule has 3 fully saturated rings. The Bertz CT molecular complexity index is 3530. The lowest BCUT2D eigenvalue weighted by Gasteiger charge is -2.53. The molecule has 8 rings (SSSR count). The maximum absolute atomic E-state index is 15.6. The molecule has 1 N–H and O–H groups in total. The van der Waals surface area contributed by atoms with E-state index in [2.05, 4.69) is 25.0 Å². The first-order valence-corrected chi connectivity index (χ1v) is 39.0. The highest BCUT2D eigenvalue weighted by Crippen LogP contribution is 2.43. The van der Waals surface area contributed by atoms with Crippen LogP contribution in [-0.2, 0) is 147 Å². The molecule has 3 aliphatic heterocycles. The number of alkyl carbamates (subject to hydrolysis) is 1. The van der Waals surface area contributed by atoms with Gasteiger partial charge in [-0.1, -0.05) is 206 Å². The molecule has 0 aromatic heterocycles. The largest absolute Gasteiger partial charge is 0.465 e. The first-order chi connectivity index (χ1) is 50.2. The van der Waals surface area contributed by atoms with Crippen molar-refractivity contribution in [2.75, 3.05) is 40.1 Å². The number of alkyl halides is 3. The van der Waals surface area contributed by atoms with Crippen molar-refractivity contribution in [2.45, 2.75) is 201 Å². The summed E-state index contributed by atoms with van der Waals surface area (Å²) in [5.74, 6) is -9.42. The van der Waals surface area contributed by atoms with Gasteiger partial charge in [0.2, 0.25) is 3.79 Å². The van der Waals surface area contributed by atoms with Crippen molar-refractivity contribution in [3.05, 3.63) is 179 Å². The summed E-state index contributed by atoms with van der Waals surface area (Å²) in [6.45, 7) is 9.59. The van der Waals surface area contributed by atoms with Crippen LogP contribution in [0.2, 0.25) is 25.7 Å². The number of carbonyl (C=O) groups excluding carboxylic acids is 7. The van der Waals surface area contributed by atoms with Gasteiger partial charge in [0.25, 0.3) is 5.79 Å². The van der Waals surface area contributed by atoms with Gasteiger partial charge >= 0.3 is 41.9 Å². The average molecular weight is 1540 g/mol. The van der Waals surface area contributed by atoms with E-state index in [1.807, 2.05) is 121 Å². The number of amides is 1. The van der Waals surface area contributed by atoms with Gasteiger partial charge in [0, 0.05) is 49.3 Å². The van der Waals surface area contributed by atoms with Crippen LogP contribution in [0.3, 0.4) is 0 Å². The Morgan fingerprint density at radius 1 is 0.533 bits per heavy atom. The molecule has 3 aliphatic rings. The maximum atomic E-state index is 15.6. The van der Waals surface area contributed by atoms with Crippen molar-refractivity contribution < 1.29 is 119 Å². The first-order valence-electron chi connectivity index (χ1n) is 34.2. The summed E-state index contributed by atoms with van der Waals surface area (Å²) < 4.78 is 115. The quantitative estimate of drug-likeness (QED) is 0.0169. The summed E-state index contributed by atoms with van der Waals surface area (Å²) in [4.78, 5) is 96.7. The molecule has 16 atom stereocenters. The third kappa shape index (κ3) is 26.6. The minimum absolute atomic E-state index is 0.0108. The molecule has 30 heteroatoms. The van der Waals surface area contributed by atoms with E-state index in [-0.39, 0.29) is 46.2 Å². The molecular formula is C75H92Cl3NO25Si. The van der Waals surface area contributed by atoms with Crippen molar-refractivity contribution in [3.8, 4) is 0 Å². The number of halogens is 3. The zero-order valence-electron chi connectivity index (χ0n) is 59.9. The second-order valence-corrected chi connectivity index (χ2v) is 34.5. The lowest BCUT2D eigenvalue weighted by atomic mass is 9.87. The van der Waals surface area contributed by atoms with E-state index in [1.54, 1.807) is 30.3 Å². The Balaban J connectivity index is 1.37. The van der Waals surface area contributed by atoms with Crippen molar-refractivity contribution in [1.29, 1.82) is 0 Å². The van der Waals surface area contributed by atoms with Gasteiger partial charge in [0.05, 0.1) is 65.8 Å². The van der Waals surface area contributed by atoms with Crippen molar-refractivity contribution in [3.63, 3.8) is 0 Å². The molecule has 0 aliphatic carbocycles. The summed E-state index contributed by atoms with van der Waals surface area (Å²) in [5.41, 5.74) is 3.72. The summed E-state index contributed by atoms with van der Waals surface area (Å²) >= 11 is 18.1. The second-order valence-electron chi connectivity index (χ2n) is 26.4. The van der Waals surface area contributed by atoms with E-state index in [1.165, 1.54) is 0 Å². The Labute approximate surface area is 626 Å². The van der Waals surface area contributed by atoms with Gasteiger partial charge < -0.3 is 90.6 Å².